The van der Waals surface area contributed by atoms with Gasteiger partial charge in [-0.15, -0.1) is 11.8 Å². The Hall–Kier alpha value is -3.09. The average molecular weight is 492 g/mol. The number of likely N-dealkylation sites (N-methyl/N-ethyl adjacent to an activating group) is 1. The third kappa shape index (κ3) is 7.20. The molecule has 1 N–H and O–H groups in total. The van der Waals surface area contributed by atoms with E-state index in [2.05, 4.69) is 41.7 Å². The van der Waals surface area contributed by atoms with E-state index >= 15 is 0 Å². The topological polar surface area (TPSA) is 55.4 Å². The van der Waals surface area contributed by atoms with Crippen LogP contribution in [0.5, 0.6) is 0 Å². The monoisotopic (exact) mass is 491 g/mol. The number of benzene rings is 3. The highest BCUT2D eigenvalue weighted by Crippen LogP contribution is 2.48. The predicted molar refractivity (Wildman–Crippen MR) is 143 cm³/mol. The molecule has 0 aliphatic carbocycles. The number of thioether (sulfide) groups is 1. The molecule has 3 rings (SSSR count). The van der Waals surface area contributed by atoms with E-state index in [4.69, 9.17) is 4.74 Å². The number of nitrogens with zero attached hydrogens (tertiary/aromatic N) is 1. The Morgan fingerprint density at radius 3 is 1.63 bits per heavy atom. The second kappa shape index (κ2) is 12.0. The molecular weight excluding hydrogens is 456 g/mol. The second-order valence-corrected chi connectivity index (χ2v) is 10.8. The standard InChI is InChI=1S/C29H34N2O3S/c1-23(32)30-27(28(33)34-21-20-31(2,3)4)22-35-29(24-14-8-5-9-15-24,25-16-10-6-11-17-25)26-18-12-7-13-19-26/h5-19,27H,20-22H2,1-4H3/p+1. The summed E-state index contributed by atoms with van der Waals surface area (Å²) in [5.41, 5.74) is 3.30. The van der Waals surface area contributed by atoms with Gasteiger partial charge in [0, 0.05) is 12.7 Å². The van der Waals surface area contributed by atoms with Crippen molar-refractivity contribution in [2.75, 3.05) is 40.0 Å². The molecule has 184 valence electrons. The molecule has 35 heavy (non-hydrogen) atoms. The zero-order valence-corrected chi connectivity index (χ0v) is 21.8. The molecule has 0 aliphatic rings. The molecule has 3 aromatic carbocycles. The summed E-state index contributed by atoms with van der Waals surface area (Å²) in [6, 6.07) is 30.1. The molecule has 0 heterocycles. The highest BCUT2D eigenvalue weighted by Gasteiger charge is 2.38. The first-order valence-corrected chi connectivity index (χ1v) is 12.8. The van der Waals surface area contributed by atoms with Crippen molar-refractivity contribution in [2.45, 2.75) is 17.7 Å². The Bertz CT molecular complexity index is 987. The highest BCUT2D eigenvalue weighted by atomic mass is 32.2. The number of ether oxygens (including phenoxy) is 1. The van der Waals surface area contributed by atoms with E-state index in [1.54, 1.807) is 11.8 Å². The minimum atomic E-state index is -0.763. The molecule has 0 fully saturated rings. The average Bonchev–Trinajstić information content (AvgIpc) is 2.84. The number of quaternary nitrogens is 1. The van der Waals surface area contributed by atoms with Gasteiger partial charge in [0.25, 0.3) is 0 Å². The number of nitrogens with one attached hydrogen (secondary N) is 1. The summed E-state index contributed by atoms with van der Waals surface area (Å²) in [6.07, 6.45) is 0. The number of amides is 1. The fourth-order valence-electron chi connectivity index (χ4n) is 3.91. The van der Waals surface area contributed by atoms with E-state index in [1.807, 2.05) is 75.7 Å². The highest BCUT2D eigenvalue weighted by molar-refractivity contribution is 8.00. The van der Waals surface area contributed by atoms with Crippen LogP contribution in [-0.4, -0.2) is 62.4 Å². The van der Waals surface area contributed by atoms with Gasteiger partial charge in [-0.25, -0.2) is 4.79 Å². The number of esters is 1. The van der Waals surface area contributed by atoms with Crippen LogP contribution in [0.25, 0.3) is 0 Å². The van der Waals surface area contributed by atoms with E-state index in [0.29, 0.717) is 23.4 Å². The van der Waals surface area contributed by atoms with Gasteiger partial charge in [-0.1, -0.05) is 91.0 Å². The van der Waals surface area contributed by atoms with Crippen molar-refractivity contribution in [1.82, 2.24) is 5.32 Å². The summed E-state index contributed by atoms with van der Waals surface area (Å²) in [7, 11) is 6.13. The van der Waals surface area contributed by atoms with Crippen LogP contribution in [0.1, 0.15) is 23.6 Å². The zero-order chi connectivity index (χ0) is 25.3. The molecular formula is C29H35N2O3S+. The summed E-state index contributed by atoms with van der Waals surface area (Å²) in [5, 5.41) is 2.81. The van der Waals surface area contributed by atoms with Crippen LogP contribution in [-0.2, 0) is 19.1 Å². The number of carbonyl (C=O) groups excluding carboxylic acids is 2. The van der Waals surface area contributed by atoms with Crippen molar-refractivity contribution in [3.05, 3.63) is 108 Å². The molecule has 0 bridgehead atoms. The van der Waals surface area contributed by atoms with Crippen LogP contribution in [0, 0.1) is 0 Å². The lowest BCUT2D eigenvalue weighted by atomic mass is 9.84. The van der Waals surface area contributed by atoms with E-state index in [-0.39, 0.29) is 5.91 Å². The summed E-state index contributed by atoms with van der Waals surface area (Å²) < 4.78 is 5.69. The minimum Gasteiger partial charge on any atom is -0.458 e. The van der Waals surface area contributed by atoms with E-state index in [9.17, 15) is 9.59 Å². The van der Waals surface area contributed by atoms with Crippen LogP contribution in [0.2, 0.25) is 0 Å². The number of carbonyl (C=O) groups is 2. The van der Waals surface area contributed by atoms with Crippen molar-refractivity contribution in [3.8, 4) is 0 Å². The van der Waals surface area contributed by atoms with E-state index in [0.717, 1.165) is 16.7 Å². The van der Waals surface area contributed by atoms with Crippen LogP contribution in [0.15, 0.2) is 91.0 Å². The second-order valence-electron chi connectivity index (χ2n) is 9.52. The zero-order valence-electron chi connectivity index (χ0n) is 20.9. The van der Waals surface area contributed by atoms with Crippen molar-refractivity contribution >= 4 is 23.6 Å². The molecule has 1 unspecified atom stereocenters. The molecule has 1 amide bonds. The number of hydrogen-bond donors (Lipinski definition) is 1. The van der Waals surface area contributed by atoms with Crippen LogP contribution in [0.4, 0.5) is 0 Å². The Morgan fingerprint density at radius 2 is 1.26 bits per heavy atom. The molecule has 0 spiro atoms. The Labute approximate surface area is 213 Å². The Morgan fingerprint density at radius 1 is 0.829 bits per heavy atom. The maximum atomic E-state index is 13.0. The first kappa shape index (κ1) is 26.5. The molecule has 0 saturated carbocycles. The molecule has 5 nitrogen and oxygen atoms in total. The summed E-state index contributed by atoms with van der Waals surface area (Å²) in [4.78, 5) is 25.0. The quantitative estimate of drug-likeness (QED) is 0.244. The van der Waals surface area contributed by atoms with Crippen LogP contribution in [0.3, 0.4) is 0 Å². The van der Waals surface area contributed by atoms with Crippen LogP contribution < -0.4 is 5.32 Å². The number of hydrogen-bond acceptors (Lipinski definition) is 4. The molecule has 6 heteroatoms. The lowest BCUT2D eigenvalue weighted by molar-refractivity contribution is -0.870. The maximum Gasteiger partial charge on any atom is 0.329 e. The van der Waals surface area contributed by atoms with Crippen molar-refractivity contribution in [2.24, 2.45) is 0 Å². The molecule has 0 aliphatic heterocycles. The minimum absolute atomic E-state index is 0.260. The largest absolute Gasteiger partial charge is 0.458 e. The van der Waals surface area contributed by atoms with Gasteiger partial charge in [0.15, 0.2) is 0 Å². The van der Waals surface area contributed by atoms with Crippen molar-refractivity contribution in [3.63, 3.8) is 0 Å². The van der Waals surface area contributed by atoms with Gasteiger partial charge >= 0.3 is 5.97 Å². The summed E-state index contributed by atoms with van der Waals surface area (Å²) in [6.45, 7) is 2.41. The molecule has 0 aromatic heterocycles. The third-order valence-corrected chi connectivity index (χ3v) is 7.32. The first-order valence-electron chi connectivity index (χ1n) is 11.8. The van der Waals surface area contributed by atoms with Gasteiger partial charge in [-0.2, -0.15) is 0 Å². The van der Waals surface area contributed by atoms with Gasteiger partial charge in [0.2, 0.25) is 5.91 Å². The summed E-state index contributed by atoms with van der Waals surface area (Å²) in [5.74, 6) is -0.324. The molecule has 0 saturated heterocycles. The van der Waals surface area contributed by atoms with Crippen molar-refractivity contribution < 1.29 is 18.8 Å². The van der Waals surface area contributed by atoms with Gasteiger partial charge < -0.3 is 14.5 Å². The van der Waals surface area contributed by atoms with Crippen LogP contribution >= 0.6 is 11.8 Å². The predicted octanol–water partition coefficient (Wildman–Crippen LogP) is 4.47. The normalized spacial score (nSPS) is 12.6. The molecule has 1 atom stereocenters. The Kier molecular flexibility index (Phi) is 9.13. The summed E-state index contributed by atoms with van der Waals surface area (Å²) >= 11 is 1.63. The van der Waals surface area contributed by atoms with Gasteiger partial charge in [-0.3, -0.25) is 4.79 Å². The Balaban J connectivity index is 1.99. The van der Waals surface area contributed by atoms with E-state index in [1.165, 1.54) is 6.92 Å². The molecule has 3 aromatic rings. The maximum absolute atomic E-state index is 13.0. The SMILES string of the molecule is CC(=O)NC(CSC(c1ccccc1)(c1ccccc1)c1ccccc1)C(=O)OCC[N+](C)(C)C. The number of rotatable bonds is 11. The van der Waals surface area contributed by atoms with Gasteiger partial charge in [-0.05, 0) is 16.7 Å². The lowest BCUT2D eigenvalue weighted by Gasteiger charge is -2.36. The van der Waals surface area contributed by atoms with Gasteiger partial charge in [0.1, 0.15) is 19.2 Å². The fraction of sp³-hybridized carbons (Fsp3) is 0.310. The van der Waals surface area contributed by atoms with Gasteiger partial charge in [0.05, 0.1) is 25.9 Å². The fourth-order valence-corrected chi connectivity index (χ4v) is 5.46. The smallest absolute Gasteiger partial charge is 0.329 e. The lowest BCUT2D eigenvalue weighted by Crippen LogP contribution is -2.45. The molecule has 0 radical (unpaired) electrons. The third-order valence-electron chi connectivity index (χ3n) is 5.68. The van der Waals surface area contributed by atoms with E-state index < -0.39 is 16.8 Å². The first-order chi connectivity index (χ1) is 16.7. The van der Waals surface area contributed by atoms with Crippen molar-refractivity contribution in [1.29, 1.82) is 0 Å².